The van der Waals surface area contributed by atoms with Gasteiger partial charge in [-0.2, -0.15) is 0 Å². The molecule has 0 heterocycles. The summed E-state index contributed by atoms with van der Waals surface area (Å²) in [4.78, 5) is 23.2. The van der Waals surface area contributed by atoms with E-state index < -0.39 is 20.0 Å². The molecule has 59 heavy (non-hydrogen) atoms. The molecular formula is C50H98N2O6P+. The average Bonchev–Trinajstić information content (AvgIpc) is 3.19. The quantitative estimate of drug-likeness (QED) is 0.0244. The number of carbonyl (C=O) groups is 1. The van der Waals surface area contributed by atoms with Crippen LogP contribution >= 0.6 is 7.82 Å². The maximum absolute atomic E-state index is 12.9. The highest BCUT2D eigenvalue weighted by Gasteiger charge is 2.28. The highest BCUT2D eigenvalue weighted by atomic mass is 31.2. The largest absolute Gasteiger partial charge is 0.472 e. The lowest BCUT2D eigenvalue weighted by molar-refractivity contribution is -0.870. The summed E-state index contributed by atoms with van der Waals surface area (Å²) in [5.41, 5.74) is 0. The number of carbonyl (C=O) groups excluding carboxylic acids is 1. The molecule has 3 N–H and O–H groups in total. The van der Waals surface area contributed by atoms with E-state index in [2.05, 4.69) is 55.6 Å². The molecule has 0 fully saturated rings. The Balaban J connectivity index is 4.32. The number of phosphoric acid groups is 1. The van der Waals surface area contributed by atoms with Gasteiger partial charge in [0.05, 0.1) is 39.9 Å². The van der Waals surface area contributed by atoms with Crippen molar-refractivity contribution >= 4 is 13.7 Å². The third-order valence-corrected chi connectivity index (χ3v) is 12.1. The molecule has 0 aromatic carbocycles. The molecule has 0 saturated carbocycles. The summed E-state index contributed by atoms with van der Waals surface area (Å²) >= 11 is 0. The first-order valence-electron chi connectivity index (χ1n) is 24.9. The van der Waals surface area contributed by atoms with Crippen LogP contribution in [-0.2, 0) is 18.4 Å². The second-order valence-electron chi connectivity index (χ2n) is 18.2. The van der Waals surface area contributed by atoms with Crippen LogP contribution in [0.5, 0.6) is 0 Å². The van der Waals surface area contributed by atoms with Gasteiger partial charge in [-0.25, -0.2) is 4.57 Å². The van der Waals surface area contributed by atoms with E-state index in [0.29, 0.717) is 23.9 Å². The summed E-state index contributed by atoms with van der Waals surface area (Å²) in [7, 11) is 1.61. The molecule has 0 aliphatic rings. The lowest BCUT2D eigenvalue weighted by atomic mass is 10.0. The number of likely N-dealkylation sites (N-methyl/N-ethyl adjacent to an activating group) is 1. The third kappa shape index (κ3) is 44.6. The number of unbranched alkanes of at least 4 members (excludes halogenated alkanes) is 26. The van der Waals surface area contributed by atoms with E-state index in [0.717, 1.165) is 64.2 Å². The van der Waals surface area contributed by atoms with Crippen LogP contribution in [0.1, 0.15) is 226 Å². The minimum absolute atomic E-state index is 0.0715. The Morgan fingerprint density at radius 2 is 0.966 bits per heavy atom. The zero-order chi connectivity index (χ0) is 43.6. The Bertz CT molecular complexity index is 1060. The Morgan fingerprint density at radius 1 is 0.576 bits per heavy atom. The zero-order valence-corrected chi connectivity index (χ0v) is 40.4. The van der Waals surface area contributed by atoms with Gasteiger partial charge in [-0.05, 0) is 51.4 Å². The molecule has 1 amide bonds. The number of hydrogen-bond donors (Lipinski definition) is 3. The predicted octanol–water partition coefficient (Wildman–Crippen LogP) is 14.3. The van der Waals surface area contributed by atoms with Crippen molar-refractivity contribution in [2.75, 3.05) is 40.9 Å². The highest BCUT2D eigenvalue weighted by molar-refractivity contribution is 7.47. The van der Waals surface area contributed by atoms with Crippen LogP contribution in [-0.4, -0.2) is 73.4 Å². The first-order chi connectivity index (χ1) is 28.5. The molecule has 3 unspecified atom stereocenters. The number of aliphatic hydroxyl groups is 1. The number of phosphoric ester groups is 1. The summed E-state index contributed by atoms with van der Waals surface area (Å²) in [6, 6.07) is -0.767. The van der Waals surface area contributed by atoms with E-state index in [-0.39, 0.29) is 19.1 Å². The fraction of sp³-hybridized carbons (Fsp3) is 0.860. The number of hydrogen-bond acceptors (Lipinski definition) is 5. The van der Waals surface area contributed by atoms with Gasteiger partial charge < -0.3 is 19.8 Å². The van der Waals surface area contributed by atoms with Crippen LogP contribution in [0, 0.1) is 0 Å². The first-order valence-corrected chi connectivity index (χ1v) is 26.3. The summed E-state index contributed by atoms with van der Waals surface area (Å²) in [5, 5.41) is 14.0. The second kappa shape index (κ2) is 42.0. The predicted molar refractivity (Wildman–Crippen MR) is 254 cm³/mol. The van der Waals surface area contributed by atoms with Crippen LogP contribution in [0.3, 0.4) is 0 Å². The van der Waals surface area contributed by atoms with Crippen LogP contribution in [0.25, 0.3) is 0 Å². The number of allylic oxidation sites excluding steroid dienone is 6. The summed E-state index contributed by atoms with van der Waals surface area (Å²) < 4.78 is 23.7. The van der Waals surface area contributed by atoms with E-state index in [9.17, 15) is 19.4 Å². The molecule has 8 nitrogen and oxygen atoms in total. The van der Waals surface area contributed by atoms with E-state index in [4.69, 9.17) is 9.05 Å². The lowest BCUT2D eigenvalue weighted by Gasteiger charge is -2.26. The average molecular weight is 854 g/mol. The Morgan fingerprint density at radius 3 is 1.44 bits per heavy atom. The normalized spacial score (nSPS) is 14.5. The van der Waals surface area contributed by atoms with Crippen LogP contribution in [0.4, 0.5) is 0 Å². The van der Waals surface area contributed by atoms with Crippen molar-refractivity contribution in [2.24, 2.45) is 0 Å². The number of nitrogens with zero attached hydrogens (tertiary/aromatic N) is 1. The van der Waals surface area contributed by atoms with Crippen LogP contribution < -0.4 is 5.32 Å². The summed E-state index contributed by atoms with van der Waals surface area (Å²) in [6.45, 7) is 4.86. The molecule has 0 radical (unpaired) electrons. The third-order valence-electron chi connectivity index (χ3n) is 11.1. The van der Waals surface area contributed by atoms with E-state index >= 15 is 0 Å². The molecule has 0 aliphatic carbocycles. The van der Waals surface area contributed by atoms with Gasteiger partial charge in [-0.15, -0.1) is 0 Å². The van der Waals surface area contributed by atoms with E-state index in [1.807, 2.05) is 21.1 Å². The molecule has 0 aliphatic heterocycles. The van der Waals surface area contributed by atoms with Crippen molar-refractivity contribution in [1.29, 1.82) is 0 Å². The SMILES string of the molecule is CCCCC/C=C\C/C=C\C/C=C\CCCCCCCCC(=O)NC(COP(=O)(O)OCC[N+](C)(C)C)C(O)CCCCCCCCCCCCCCCCCCCC. The molecular weight excluding hydrogens is 756 g/mol. The lowest BCUT2D eigenvalue weighted by Crippen LogP contribution is -2.46. The molecule has 0 aromatic rings. The maximum atomic E-state index is 12.9. The Labute approximate surface area is 366 Å². The summed E-state index contributed by atoms with van der Waals surface area (Å²) in [5.74, 6) is -0.156. The number of rotatable bonds is 45. The first kappa shape index (κ1) is 57.7. The molecule has 0 rings (SSSR count). The van der Waals surface area contributed by atoms with Gasteiger partial charge >= 0.3 is 7.82 Å². The Hall–Kier alpha value is -1.28. The monoisotopic (exact) mass is 854 g/mol. The standard InChI is InChI=1S/C50H97N2O6P/c1-6-8-10-12-14-16-18-20-22-24-26-28-30-32-34-36-38-40-42-44-50(54)51-48(47-58-59(55,56)57-46-45-52(3,4)5)49(53)43-41-39-37-35-33-31-29-27-25-23-21-19-17-15-13-11-9-7-2/h14,16,20,22,26,28,48-49,53H,6-13,15,17-19,21,23-25,27,29-47H2,1-5H3,(H-,51,54,55,56)/p+1/b16-14-,22-20-,28-26-. The van der Waals surface area contributed by atoms with Gasteiger partial charge in [-0.3, -0.25) is 13.8 Å². The van der Waals surface area contributed by atoms with Crippen molar-refractivity contribution in [2.45, 2.75) is 238 Å². The van der Waals surface area contributed by atoms with Gasteiger partial charge in [-0.1, -0.05) is 204 Å². The molecule has 9 heteroatoms. The van der Waals surface area contributed by atoms with Crippen molar-refractivity contribution in [1.82, 2.24) is 5.32 Å². The number of amides is 1. The van der Waals surface area contributed by atoms with Crippen molar-refractivity contribution in [3.8, 4) is 0 Å². The molecule has 3 atom stereocenters. The van der Waals surface area contributed by atoms with Crippen molar-refractivity contribution in [3.05, 3.63) is 36.5 Å². The van der Waals surface area contributed by atoms with Crippen molar-refractivity contribution < 1.29 is 32.9 Å². The fourth-order valence-corrected chi connectivity index (χ4v) is 7.91. The zero-order valence-electron chi connectivity index (χ0n) is 39.5. The summed E-state index contributed by atoms with van der Waals surface area (Å²) in [6.07, 6.45) is 51.7. The van der Waals surface area contributed by atoms with E-state index in [1.54, 1.807) is 0 Å². The number of nitrogens with one attached hydrogen (secondary N) is 1. The van der Waals surface area contributed by atoms with Gasteiger partial charge in [0.2, 0.25) is 5.91 Å². The van der Waals surface area contributed by atoms with Crippen molar-refractivity contribution in [3.63, 3.8) is 0 Å². The molecule has 348 valence electrons. The van der Waals surface area contributed by atoms with Gasteiger partial charge in [0.1, 0.15) is 13.2 Å². The highest BCUT2D eigenvalue weighted by Crippen LogP contribution is 2.43. The van der Waals surface area contributed by atoms with Crippen LogP contribution in [0.2, 0.25) is 0 Å². The minimum atomic E-state index is -4.32. The van der Waals surface area contributed by atoms with Gasteiger partial charge in [0.25, 0.3) is 0 Å². The Kier molecular flexibility index (Phi) is 41.1. The van der Waals surface area contributed by atoms with Crippen LogP contribution in [0.15, 0.2) is 36.5 Å². The molecule has 0 aromatic heterocycles. The minimum Gasteiger partial charge on any atom is -0.391 e. The van der Waals surface area contributed by atoms with E-state index in [1.165, 1.54) is 135 Å². The smallest absolute Gasteiger partial charge is 0.391 e. The van der Waals surface area contributed by atoms with Gasteiger partial charge in [0, 0.05) is 6.42 Å². The topological polar surface area (TPSA) is 105 Å². The molecule has 0 bridgehead atoms. The maximum Gasteiger partial charge on any atom is 0.472 e. The second-order valence-corrected chi connectivity index (χ2v) is 19.6. The fourth-order valence-electron chi connectivity index (χ4n) is 7.17. The number of quaternary nitrogens is 1. The number of aliphatic hydroxyl groups excluding tert-OH is 1. The molecule has 0 spiro atoms. The van der Waals surface area contributed by atoms with Gasteiger partial charge in [0.15, 0.2) is 0 Å². The molecule has 0 saturated heterocycles.